The average molecular weight is 398 g/mol. The van der Waals surface area contributed by atoms with Crippen molar-refractivity contribution in [3.8, 4) is 5.75 Å². The summed E-state index contributed by atoms with van der Waals surface area (Å²) in [5.41, 5.74) is 0.300. The van der Waals surface area contributed by atoms with Crippen molar-refractivity contribution < 1.29 is 23.6 Å². The molecule has 4 rings (SSSR count). The average Bonchev–Trinajstić information content (AvgIpc) is 3.36. The van der Waals surface area contributed by atoms with E-state index in [0.717, 1.165) is 5.56 Å². The van der Waals surface area contributed by atoms with Crippen molar-refractivity contribution in [3.63, 3.8) is 0 Å². The Kier molecular flexibility index (Phi) is 4.96. The number of ether oxygens (including phenoxy) is 1. The maximum absolute atomic E-state index is 13.2. The number of aromatic nitrogens is 1. The largest absolute Gasteiger partial charge is 0.497 e. The fraction of sp³-hybridized carbons (Fsp3) is 0.400. The van der Waals surface area contributed by atoms with E-state index in [1.165, 1.54) is 12.3 Å². The lowest BCUT2D eigenvalue weighted by Gasteiger charge is -2.49. The van der Waals surface area contributed by atoms with Gasteiger partial charge < -0.3 is 24.8 Å². The fourth-order valence-corrected chi connectivity index (χ4v) is 3.86. The Labute approximate surface area is 167 Å². The molecule has 2 aliphatic rings. The smallest absolute Gasteiger partial charge is 0.276 e. The molecular formula is C20H22N4O5. The number of amides is 3. The molecule has 2 fully saturated rings. The molecule has 152 valence electrons. The minimum absolute atomic E-state index is 0.176. The van der Waals surface area contributed by atoms with Crippen LogP contribution in [0.5, 0.6) is 5.75 Å². The minimum Gasteiger partial charge on any atom is -0.497 e. The number of nitrogens with zero attached hydrogens (tertiary/aromatic N) is 2. The van der Waals surface area contributed by atoms with Crippen LogP contribution in [0.1, 0.15) is 22.5 Å². The number of likely N-dealkylation sites (tertiary alicyclic amines) is 1. The Morgan fingerprint density at radius 2 is 2.21 bits per heavy atom. The lowest BCUT2D eigenvalue weighted by molar-refractivity contribution is -0.141. The van der Waals surface area contributed by atoms with Crippen LogP contribution in [0.2, 0.25) is 0 Å². The van der Waals surface area contributed by atoms with Gasteiger partial charge in [-0.3, -0.25) is 14.4 Å². The van der Waals surface area contributed by atoms with Crippen molar-refractivity contribution >= 4 is 17.7 Å². The molecule has 1 aromatic heterocycles. The molecule has 2 saturated heterocycles. The molecule has 2 N–H and O–H groups in total. The summed E-state index contributed by atoms with van der Waals surface area (Å²) < 4.78 is 10.0. The van der Waals surface area contributed by atoms with Crippen LogP contribution in [0.4, 0.5) is 0 Å². The number of hydrogen-bond donors (Lipinski definition) is 2. The lowest BCUT2D eigenvalue weighted by atomic mass is 9.73. The Hall–Kier alpha value is -3.36. The molecule has 3 heterocycles. The molecule has 1 atom stereocenters. The molecular weight excluding hydrogens is 376 g/mol. The molecule has 0 spiro atoms. The first-order chi connectivity index (χ1) is 14.0. The monoisotopic (exact) mass is 398 g/mol. The summed E-state index contributed by atoms with van der Waals surface area (Å²) in [6.45, 7) is 1.01. The second kappa shape index (κ2) is 7.57. The summed E-state index contributed by atoms with van der Waals surface area (Å²) in [5.74, 6) is 0.00538. The maximum atomic E-state index is 13.2. The number of hydrogen-bond acceptors (Lipinski definition) is 6. The van der Waals surface area contributed by atoms with Crippen molar-refractivity contribution in [3.05, 3.63) is 47.9 Å². The third kappa shape index (κ3) is 3.67. The number of carbonyl (C=O) groups is 3. The summed E-state index contributed by atoms with van der Waals surface area (Å²) in [4.78, 5) is 39.2. The highest BCUT2D eigenvalue weighted by Crippen LogP contribution is 2.36. The topological polar surface area (TPSA) is 114 Å². The number of rotatable bonds is 6. The molecule has 0 aliphatic carbocycles. The van der Waals surface area contributed by atoms with E-state index in [1.54, 1.807) is 12.0 Å². The summed E-state index contributed by atoms with van der Waals surface area (Å²) in [6.07, 6.45) is 2.32. The number of nitrogens with one attached hydrogen (secondary N) is 2. The van der Waals surface area contributed by atoms with Crippen LogP contribution < -0.4 is 15.4 Å². The zero-order valence-electron chi connectivity index (χ0n) is 16.0. The number of methoxy groups -OCH3 is 1. The van der Waals surface area contributed by atoms with Gasteiger partial charge in [0.05, 0.1) is 12.5 Å². The predicted molar refractivity (Wildman–Crippen MR) is 101 cm³/mol. The Morgan fingerprint density at radius 1 is 1.38 bits per heavy atom. The predicted octanol–water partition coefficient (Wildman–Crippen LogP) is 0.373. The Morgan fingerprint density at radius 3 is 2.86 bits per heavy atom. The van der Waals surface area contributed by atoms with Gasteiger partial charge in [-0.1, -0.05) is 17.3 Å². The van der Waals surface area contributed by atoms with E-state index in [1.807, 2.05) is 24.3 Å². The third-order valence-electron chi connectivity index (χ3n) is 5.44. The van der Waals surface area contributed by atoms with Gasteiger partial charge in [-0.05, 0) is 30.5 Å². The van der Waals surface area contributed by atoms with Crippen LogP contribution >= 0.6 is 0 Å². The molecule has 1 unspecified atom stereocenters. The molecule has 3 amide bonds. The second-order valence-electron chi connectivity index (χ2n) is 7.46. The standard InChI is InChI=1S/C20H22N4O5/c1-28-14-4-2-3-13(9-14)10-20(19(27)22-15-5-7-21-17(15)25)11-24(12-20)18(26)16-6-8-29-23-16/h2-4,6,8-9,15H,5,7,10-12H2,1H3,(H,21,25)(H,22,27). The molecule has 9 heteroatoms. The molecule has 29 heavy (non-hydrogen) atoms. The first-order valence-electron chi connectivity index (χ1n) is 9.42. The SMILES string of the molecule is COc1cccc(CC2(C(=O)NC3CCNC3=O)CN(C(=O)c3ccon3)C2)c1. The van der Waals surface area contributed by atoms with Gasteiger partial charge in [-0.25, -0.2) is 0 Å². The van der Waals surface area contributed by atoms with Gasteiger partial charge in [-0.15, -0.1) is 0 Å². The highest BCUT2D eigenvalue weighted by molar-refractivity contribution is 5.96. The van der Waals surface area contributed by atoms with Gasteiger partial charge in [-0.2, -0.15) is 0 Å². The van der Waals surface area contributed by atoms with E-state index in [9.17, 15) is 14.4 Å². The Balaban J connectivity index is 1.53. The van der Waals surface area contributed by atoms with Gasteiger partial charge in [0.15, 0.2) is 5.69 Å². The normalized spacial score (nSPS) is 20.0. The van der Waals surface area contributed by atoms with E-state index in [2.05, 4.69) is 15.8 Å². The van der Waals surface area contributed by atoms with Crippen LogP contribution in [0.15, 0.2) is 41.1 Å². The summed E-state index contributed by atoms with van der Waals surface area (Å²) in [6, 6.07) is 8.45. The highest BCUT2D eigenvalue weighted by atomic mass is 16.5. The van der Waals surface area contributed by atoms with Gasteiger partial charge in [0.25, 0.3) is 5.91 Å². The van der Waals surface area contributed by atoms with Crippen molar-refractivity contribution in [2.75, 3.05) is 26.7 Å². The van der Waals surface area contributed by atoms with Crippen LogP contribution in [0.3, 0.4) is 0 Å². The summed E-state index contributed by atoms with van der Waals surface area (Å²) >= 11 is 0. The van der Waals surface area contributed by atoms with Crippen LogP contribution in [0.25, 0.3) is 0 Å². The van der Waals surface area contributed by atoms with Gasteiger partial charge in [0.1, 0.15) is 18.1 Å². The van der Waals surface area contributed by atoms with Gasteiger partial charge in [0, 0.05) is 25.7 Å². The zero-order chi connectivity index (χ0) is 20.4. The van der Waals surface area contributed by atoms with E-state index in [4.69, 9.17) is 9.26 Å². The summed E-state index contributed by atoms with van der Waals surface area (Å²) in [7, 11) is 1.59. The molecule has 0 radical (unpaired) electrons. The number of carbonyl (C=O) groups excluding carboxylic acids is 3. The lowest BCUT2D eigenvalue weighted by Crippen LogP contribution is -2.66. The fourth-order valence-electron chi connectivity index (χ4n) is 3.86. The van der Waals surface area contributed by atoms with Crippen molar-refractivity contribution in [2.45, 2.75) is 18.9 Å². The van der Waals surface area contributed by atoms with Crippen LogP contribution in [0, 0.1) is 5.41 Å². The van der Waals surface area contributed by atoms with Gasteiger partial charge >= 0.3 is 0 Å². The molecule has 9 nitrogen and oxygen atoms in total. The quantitative estimate of drug-likeness (QED) is 0.727. The maximum Gasteiger partial charge on any atom is 0.276 e. The Bertz CT molecular complexity index is 921. The summed E-state index contributed by atoms with van der Waals surface area (Å²) in [5, 5.41) is 9.25. The van der Waals surface area contributed by atoms with E-state index in [0.29, 0.717) is 25.1 Å². The van der Waals surface area contributed by atoms with E-state index < -0.39 is 11.5 Å². The zero-order valence-corrected chi connectivity index (χ0v) is 16.0. The second-order valence-corrected chi connectivity index (χ2v) is 7.46. The molecule has 0 bridgehead atoms. The van der Waals surface area contributed by atoms with E-state index >= 15 is 0 Å². The van der Waals surface area contributed by atoms with Gasteiger partial charge in [0.2, 0.25) is 11.8 Å². The first-order valence-corrected chi connectivity index (χ1v) is 9.42. The first kappa shape index (κ1) is 19.0. The number of benzene rings is 1. The molecule has 2 aliphatic heterocycles. The molecule has 1 aromatic carbocycles. The molecule has 2 aromatic rings. The van der Waals surface area contributed by atoms with Crippen molar-refractivity contribution in [2.24, 2.45) is 5.41 Å². The van der Waals surface area contributed by atoms with Crippen LogP contribution in [-0.2, 0) is 16.0 Å². The third-order valence-corrected chi connectivity index (χ3v) is 5.44. The van der Waals surface area contributed by atoms with Crippen molar-refractivity contribution in [1.82, 2.24) is 20.7 Å². The van der Waals surface area contributed by atoms with Crippen LogP contribution in [-0.4, -0.2) is 60.6 Å². The highest BCUT2D eigenvalue weighted by Gasteiger charge is 2.52. The van der Waals surface area contributed by atoms with Crippen molar-refractivity contribution in [1.29, 1.82) is 0 Å². The molecule has 0 saturated carbocycles. The van der Waals surface area contributed by atoms with E-state index in [-0.39, 0.29) is 36.5 Å². The minimum atomic E-state index is -0.825.